The molecule has 0 saturated carbocycles. The third kappa shape index (κ3) is 4.79. The molecule has 0 unspecified atom stereocenters. The minimum Gasteiger partial charge on any atom is -0.497 e. The fourth-order valence-electron chi connectivity index (χ4n) is 3.78. The summed E-state index contributed by atoms with van der Waals surface area (Å²) in [7, 11) is 1.60. The summed E-state index contributed by atoms with van der Waals surface area (Å²) < 4.78 is 7.24. The predicted octanol–water partition coefficient (Wildman–Crippen LogP) is 3.77. The lowest BCUT2D eigenvalue weighted by Gasteiger charge is -2.15. The number of urea groups is 1. The van der Waals surface area contributed by atoms with Gasteiger partial charge in [0.05, 0.1) is 18.1 Å². The zero-order chi connectivity index (χ0) is 21.6. The van der Waals surface area contributed by atoms with Crippen LogP contribution < -0.4 is 20.3 Å². The van der Waals surface area contributed by atoms with Gasteiger partial charge in [0.15, 0.2) is 0 Å². The number of hydrogen-bond donors (Lipinski definition) is 2. The summed E-state index contributed by atoms with van der Waals surface area (Å²) in [5.74, 6) is 1.39. The van der Waals surface area contributed by atoms with Crippen molar-refractivity contribution in [2.24, 2.45) is 0 Å². The van der Waals surface area contributed by atoms with Crippen LogP contribution >= 0.6 is 0 Å². The van der Waals surface area contributed by atoms with E-state index in [1.54, 1.807) is 18.1 Å². The monoisotopic (exact) mass is 421 g/mol. The highest BCUT2D eigenvalue weighted by Crippen LogP contribution is 2.27. The lowest BCUT2D eigenvalue weighted by molar-refractivity contribution is -0.116. The van der Waals surface area contributed by atoms with Crippen LogP contribution in [0.2, 0.25) is 0 Å². The topological polar surface area (TPSA) is 88.5 Å². The highest BCUT2D eigenvalue weighted by molar-refractivity contribution is 5.93. The van der Waals surface area contributed by atoms with E-state index in [0.29, 0.717) is 31.2 Å². The molecule has 0 fully saturated rings. The van der Waals surface area contributed by atoms with Crippen molar-refractivity contribution in [3.05, 3.63) is 48.5 Å². The fraction of sp³-hybridized carbons (Fsp3) is 0.348. The van der Waals surface area contributed by atoms with Crippen LogP contribution in [0.3, 0.4) is 0 Å². The predicted molar refractivity (Wildman–Crippen MR) is 121 cm³/mol. The minimum absolute atomic E-state index is 0.0201. The molecule has 8 nitrogen and oxygen atoms in total. The Morgan fingerprint density at radius 1 is 1.06 bits per heavy atom. The number of imidazole rings is 1. The number of carbonyl (C=O) groups excluding carboxylic acids is 2. The standard InChI is InChI=1S/C23H27N5O3/c1-31-18-9-7-8-17(16-18)25-21(29)12-3-2-6-13-24-23(30)28-15-14-27-20-11-5-4-10-19(20)26-22(27)28/h4-5,7-11,16H,2-3,6,12-15H2,1H3,(H,24,30)(H,25,29). The largest absolute Gasteiger partial charge is 0.497 e. The normalized spacial score (nSPS) is 12.6. The van der Waals surface area contributed by atoms with Gasteiger partial charge < -0.3 is 19.9 Å². The molecule has 0 atom stereocenters. The van der Waals surface area contributed by atoms with Crippen LogP contribution in [0.1, 0.15) is 25.7 Å². The molecule has 1 aliphatic rings. The average Bonchev–Trinajstić information content (AvgIpc) is 3.35. The van der Waals surface area contributed by atoms with Crippen molar-refractivity contribution >= 4 is 34.6 Å². The smallest absolute Gasteiger partial charge is 0.324 e. The van der Waals surface area contributed by atoms with Crippen molar-refractivity contribution in [2.45, 2.75) is 32.2 Å². The van der Waals surface area contributed by atoms with Crippen molar-refractivity contribution in [2.75, 3.05) is 30.4 Å². The molecule has 0 radical (unpaired) electrons. The van der Waals surface area contributed by atoms with Crippen LogP contribution in [0.25, 0.3) is 11.0 Å². The van der Waals surface area contributed by atoms with Crippen LogP contribution in [0.4, 0.5) is 16.4 Å². The van der Waals surface area contributed by atoms with Crippen molar-refractivity contribution in [1.29, 1.82) is 0 Å². The number of nitrogens with zero attached hydrogens (tertiary/aromatic N) is 3. The van der Waals surface area contributed by atoms with Crippen molar-refractivity contribution in [3.63, 3.8) is 0 Å². The first-order valence-electron chi connectivity index (χ1n) is 10.6. The average molecular weight is 422 g/mol. The van der Waals surface area contributed by atoms with Crippen LogP contribution in [0.5, 0.6) is 5.75 Å². The van der Waals surface area contributed by atoms with Gasteiger partial charge >= 0.3 is 6.03 Å². The van der Waals surface area contributed by atoms with Gasteiger partial charge in [-0.3, -0.25) is 9.69 Å². The Labute approximate surface area is 181 Å². The number of nitrogens with one attached hydrogen (secondary N) is 2. The van der Waals surface area contributed by atoms with E-state index in [9.17, 15) is 9.59 Å². The molecule has 2 aromatic carbocycles. The van der Waals surface area contributed by atoms with E-state index < -0.39 is 0 Å². The Hall–Kier alpha value is -3.55. The first kappa shape index (κ1) is 20.7. The zero-order valence-corrected chi connectivity index (χ0v) is 17.6. The Kier molecular flexibility index (Phi) is 6.35. The molecular weight excluding hydrogens is 394 g/mol. The highest BCUT2D eigenvalue weighted by Gasteiger charge is 2.27. The van der Waals surface area contributed by atoms with Gasteiger partial charge in [-0.25, -0.2) is 9.78 Å². The van der Waals surface area contributed by atoms with E-state index in [1.165, 1.54) is 0 Å². The molecule has 1 aliphatic heterocycles. The number of amides is 3. The Morgan fingerprint density at radius 2 is 1.94 bits per heavy atom. The molecule has 1 aromatic heterocycles. The van der Waals surface area contributed by atoms with Crippen LogP contribution in [0.15, 0.2) is 48.5 Å². The van der Waals surface area contributed by atoms with Gasteiger partial charge in [-0.2, -0.15) is 0 Å². The first-order chi connectivity index (χ1) is 15.2. The number of hydrogen-bond acceptors (Lipinski definition) is 4. The molecule has 8 heteroatoms. The third-order valence-electron chi connectivity index (χ3n) is 5.38. The van der Waals surface area contributed by atoms with Crippen molar-refractivity contribution < 1.29 is 14.3 Å². The second-order valence-corrected chi connectivity index (χ2v) is 7.53. The second-order valence-electron chi connectivity index (χ2n) is 7.53. The summed E-state index contributed by atoms with van der Waals surface area (Å²) in [6, 6.07) is 15.1. The summed E-state index contributed by atoms with van der Waals surface area (Å²) in [5, 5.41) is 5.85. The molecule has 3 amide bonds. The first-order valence-corrected chi connectivity index (χ1v) is 10.6. The highest BCUT2D eigenvalue weighted by atomic mass is 16.5. The van der Waals surface area contributed by atoms with Crippen LogP contribution in [0, 0.1) is 0 Å². The van der Waals surface area contributed by atoms with E-state index in [-0.39, 0.29) is 11.9 Å². The zero-order valence-electron chi connectivity index (χ0n) is 17.6. The molecule has 4 rings (SSSR count). The maximum atomic E-state index is 12.6. The summed E-state index contributed by atoms with van der Waals surface area (Å²) in [6.45, 7) is 1.96. The molecule has 0 saturated heterocycles. The molecule has 31 heavy (non-hydrogen) atoms. The SMILES string of the molecule is COc1cccc(NC(=O)CCCCCNC(=O)N2CCn3c2nc2ccccc23)c1. The number of para-hydroxylation sites is 2. The number of anilines is 2. The van der Waals surface area contributed by atoms with E-state index in [4.69, 9.17) is 4.74 Å². The molecule has 0 aliphatic carbocycles. The maximum Gasteiger partial charge on any atom is 0.324 e. The quantitative estimate of drug-likeness (QED) is 0.542. The Balaban J connectivity index is 1.16. The lowest BCUT2D eigenvalue weighted by Crippen LogP contribution is -2.39. The lowest BCUT2D eigenvalue weighted by atomic mass is 10.2. The van der Waals surface area contributed by atoms with Gasteiger partial charge in [0.2, 0.25) is 11.9 Å². The Morgan fingerprint density at radius 3 is 2.81 bits per heavy atom. The maximum absolute atomic E-state index is 12.6. The van der Waals surface area contributed by atoms with Gasteiger partial charge in [0.1, 0.15) is 5.75 Å². The number of fused-ring (bicyclic) bond motifs is 3. The van der Waals surface area contributed by atoms with Crippen molar-refractivity contribution in [1.82, 2.24) is 14.9 Å². The van der Waals surface area contributed by atoms with Crippen LogP contribution in [-0.4, -0.2) is 41.7 Å². The van der Waals surface area contributed by atoms with E-state index in [0.717, 1.165) is 42.5 Å². The number of methoxy groups -OCH3 is 1. The van der Waals surface area contributed by atoms with Gasteiger partial charge in [0.25, 0.3) is 0 Å². The van der Waals surface area contributed by atoms with E-state index in [1.807, 2.05) is 42.5 Å². The van der Waals surface area contributed by atoms with E-state index in [2.05, 4.69) is 20.2 Å². The number of benzene rings is 2. The number of carbonyl (C=O) groups is 2. The number of aromatic nitrogens is 2. The third-order valence-corrected chi connectivity index (χ3v) is 5.38. The molecule has 2 heterocycles. The molecule has 0 bridgehead atoms. The van der Waals surface area contributed by atoms with Gasteiger partial charge in [-0.05, 0) is 37.1 Å². The summed E-state index contributed by atoms with van der Waals surface area (Å²) >= 11 is 0. The number of unbranched alkanes of at least 4 members (excludes halogenated alkanes) is 2. The summed E-state index contributed by atoms with van der Waals surface area (Å²) in [6.07, 6.45) is 2.90. The number of ether oxygens (including phenoxy) is 1. The van der Waals surface area contributed by atoms with Gasteiger partial charge in [0, 0.05) is 37.8 Å². The summed E-state index contributed by atoms with van der Waals surface area (Å²) in [5.41, 5.74) is 2.69. The second kappa shape index (κ2) is 9.51. The molecule has 162 valence electrons. The molecule has 0 spiro atoms. The number of rotatable bonds is 8. The molecular formula is C23H27N5O3. The Bertz CT molecular complexity index is 1080. The van der Waals surface area contributed by atoms with Crippen LogP contribution in [-0.2, 0) is 11.3 Å². The van der Waals surface area contributed by atoms with Gasteiger partial charge in [-0.15, -0.1) is 0 Å². The van der Waals surface area contributed by atoms with Crippen molar-refractivity contribution in [3.8, 4) is 5.75 Å². The summed E-state index contributed by atoms with van der Waals surface area (Å²) in [4.78, 5) is 30.9. The molecule has 2 N–H and O–H groups in total. The fourth-order valence-corrected chi connectivity index (χ4v) is 3.78. The minimum atomic E-state index is -0.121. The van der Waals surface area contributed by atoms with E-state index >= 15 is 0 Å². The molecule has 3 aromatic rings. The van der Waals surface area contributed by atoms with Gasteiger partial charge in [-0.1, -0.05) is 24.6 Å².